The highest BCUT2D eigenvalue weighted by atomic mass is 16.5. The minimum atomic E-state index is -0.246. The molecule has 0 saturated heterocycles. The molecule has 1 aliphatic rings. The Morgan fingerprint density at radius 3 is 2.68 bits per heavy atom. The Morgan fingerprint density at radius 2 is 2.00 bits per heavy atom. The predicted molar refractivity (Wildman–Crippen MR) is 108 cm³/mol. The smallest absolute Gasteiger partial charge is 0.287 e. The van der Waals surface area contributed by atoms with Gasteiger partial charge in [0.05, 0.1) is 12.2 Å². The van der Waals surface area contributed by atoms with E-state index in [0.717, 1.165) is 17.7 Å². The number of hydrogen-bond acceptors (Lipinski definition) is 4. The zero-order chi connectivity index (χ0) is 20.5. The molecule has 1 aliphatic heterocycles. The summed E-state index contributed by atoms with van der Waals surface area (Å²) in [6.45, 7) is 10.6. The Kier molecular flexibility index (Phi) is 5.49. The summed E-state index contributed by atoms with van der Waals surface area (Å²) >= 11 is 0. The van der Waals surface area contributed by atoms with Crippen LogP contribution in [0.2, 0.25) is 0 Å². The first-order valence-electron chi connectivity index (χ1n) is 9.66. The average molecular weight is 384 g/mol. The Balaban J connectivity index is 1.84. The number of nitrogens with one attached hydrogen (secondary N) is 1. The molecule has 0 spiro atoms. The summed E-state index contributed by atoms with van der Waals surface area (Å²) in [7, 11) is 0. The van der Waals surface area contributed by atoms with Crippen LogP contribution in [0.25, 0.3) is 0 Å². The van der Waals surface area contributed by atoms with E-state index in [-0.39, 0.29) is 42.2 Å². The van der Waals surface area contributed by atoms with E-state index >= 15 is 0 Å². The number of anilines is 1. The number of fused-ring (bicyclic) bond motifs is 1. The van der Waals surface area contributed by atoms with Crippen LogP contribution in [-0.2, 0) is 16.8 Å². The quantitative estimate of drug-likeness (QED) is 0.845. The van der Waals surface area contributed by atoms with E-state index in [0.29, 0.717) is 11.5 Å². The minimum absolute atomic E-state index is 0.00999. The molecular weight excluding hydrogens is 356 g/mol. The number of benzene rings is 1. The number of carbonyl (C=O) groups is 2. The molecule has 2 amide bonds. The van der Waals surface area contributed by atoms with Crippen LogP contribution < -0.4 is 15.0 Å². The normalized spacial score (nSPS) is 15.0. The summed E-state index contributed by atoms with van der Waals surface area (Å²) in [6, 6.07) is 9.38. The molecule has 0 radical (unpaired) electrons. The molecule has 0 saturated carbocycles. The van der Waals surface area contributed by atoms with Crippen molar-refractivity contribution in [1.29, 1.82) is 0 Å². The van der Waals surface area contributed by atoms with Crippen molar-refractivity contribution in [2.24, 2.45) is 0 Å². The van der Waals surface area contributed by atoms with Gasteiger partial charge in [-0.25, -0.2) is 0 Å². The SMILES string of the molecule is CC[C@@H](C)NC(=O)c1ccc(CN2C(=O)COc3ccc(C(C)(C)C)cc32)o1. The van der Waals surface area contributed by atoms with E-state index in [1.54, 1.807) is 17.0 Å². The molecule has 150 valence electrons. The Hall–Kier alpha value is -2.76. The summed E-state index contributed by atoms with van der Waals surface area (Å²) in [5.74, 6) is 1.09. The lowest BCUT2D eigenvalue weighted by Gasteiger charge is -2.31. The van der Waals surface area contributed by atoms with Crippen molar-refractivity contribution in [3.8, 4) is 5.75 Å². The topological polar surface area (TPSA) is 71.8 Å². The molecule has 0 bridgehead atoms. The van der Waals surface area contributed by atoms with Crippen molar-refractivity contribution in [3.05, 3.63) is 47.4 Å². The molecule has 3 rings (SSSR count). The minimum Gasteiger partial charge on any atom is -0.482 e. The van der Waals surface area contributed by atoms with Crippen LogP contribution >= 0.6 is 0 Å². The number of amides is 2. The van der Waals surface area contributed by atoms with Gasteiger partial charge in [-0.05, 0) is 48.6 Å². The molecule has 1 atom stereocenters. The first-order chi connectivity index (χ1) is 13.2. The van der Waals surface area contributed by atoms with E-state index in [4.69, 9.17) is 9.15 Å². The Morgan fingerprint density at radius 1 is 1.25 bits per heavy atom. The zero-order valence-electron chi connectivity index (χ0n) is 17.2. The molecule has 1 aromatic carbocycles. The maximum Gasteiger partial charge on any atom is 0.287 e. The summed E-state index contributed by atoms with van der Waals surface area (Å²) in [6.07, 6.45) is 0.842. The maximum absolute atomic E-state index is 12.5. The van der Waals surface area contributed by atoms with Crippen molar-refractivity contribution < 1.29 is 18.7 Å². The van der Waals surface area contributed by atoms with Gasteiger partial charge in [-0.15, -0.1) is 0 Å². The number of hydrogen-bond donors (Lipinski definition) is 1. The molecule has 0 fully saturated rings. The standard InChI is InChI=1S/C22H28N2O4/c1-6-14(2)23-21(26)19-10-8-16(28-19)12-24-17-11-15(22(3,4)5)7-9-18(17)27-13-20(24)25/h7-11,14H,6,12-13H2,1-5H3,(H,23,26)/t14-/m1/s1. The van der Waals surface area contributed by atoms with E-state index in [1.807, 2.05) is 32.0 Å². The molecule has 2 heterocycles. The van der Waals surface area contributed by atoms with Crippen molar-refractivity contribution >= 4 is 17.5 Å². The van der Waals surface area contributed by atoms with E-state index in [9.17, 15) is 9.59 Å². The Bertz CT molecular complexity index is 879. The molecule has 0 unspecified atom stereocenters. The van der Waals surface area contributed by atoms with Crippen LogP contribution in [0.5, 0.6) is 5.75 Å². The highest BCUT2D eigenvalue weighted by molar-refractivity contribution is 5.98. The highest BCUT2D eigenvalue weighted by Gasteiger charge is 2.28. The maximum atomic E-state index is 12.5. The van der Waals surface area contributed by atoms with Gasteiger partial charge in [-0.1, -0.05) is 33.8 Å². The van der Waals surface area contributed by atoms with Gasteiger partial charge in [0.15, 0.2) is 12.4 Å². The van der Waals surface area contributed by atoms with Gasteiger partial charge < -0.3 is 14.5 Å². The predicted octanol–water partition coefficient (Wildman–Crippen LogP) is 4.03. The highest BCUT2D eigenvalue weighted by Crippen LogP contribution is 2.37. The van der Waals surface area contributed by atoms with Crippen molar-refractivity contribution in [3.63, 3.8) is 0 Å². The van der Waals surface area contributed by atoms with Crippen LogP contribution in [0, 0.1) is 0 Å². The lowest BCUT2D eigenvalue weighted by Crippen LogP contribution is -2.38. The summed E-state index contributed by atoms with van der Waals surface area (Å²) in [5.41, 5.74) is 1.79. The van der Waals surface area contributed by atoms with Gasteiger partial charge in [0.25, 0.3) is 11.8 Å². The third kappa shape index (κ3) is 4.21. The van der Waals surface area contributed by atoms with Gasteiger partial charge in [0, 0.05) is 6.04 Å². The van der Waals surface area contributed by atoms with Gasteiger partial charge >= 0.3 is 0 Å². The van der Waals surface area contributed by atoms with Crippen LogP contribution in [0.15, 0.2) is 34.7 Å². The monoisotopic (exact) mass is 384 g/mol. The van der Waals surface area contributed by atoms with Crippen molar-refractivity contribution in [2.45, 2.75) is 59.0 Å². The van der Waals surface area contributed by atoms with E-state index in [2.05, 4.69) is 26.1 Å². The second kappa shape index (κ2) is 7.70. The van der Waals surface area contributed by atoms with Crippen molar-refractivity contribution in [1.82, 2.24) is 5.32 Å². The number of carbonyl (C=O) groups excluding carboxylic acids is 2. The fraction of sp³-hybridized carbons (Fsp3) is 0.455. The fourth-order valence-electron chi connectivity index (χ4n) is 2.98. The summed E-state index contributed by atoms with van der Waals surface area (Å²) < 4.78 is 11.3. The largest absolute Gasteiger partial charge is 0.482 e. The molecule has 1 N–H and O–H groups in total. The second-order valence-corrected chi connectivity index (χ2v) is 8.25. The Labute approximate surface area is 165 Å². The fourth-order valence-corrected chi connectivity index (χ4v) is 2.98. The molecular formula is C22H28N2O4. The van der Waals surface area contributed by atoms with Crippen LogP contribution in [0.1, 0.15) is 62.9 Å². The third-order valence-electron chi connectivity index (χ3n) is 4.96. The molecule has 2 aromatic rings. The van der Waals surface area contributed by atoms with Gasteiger partial charge in [-0.2, -0.15) is 0 Å². The number of ether oxygens (including phenoxy) is 1. The third-order valence-corrected chi connectivity index (χ3v) is 4.96. The first kappa shape index (κ1) is 20.0. The molecule has 28 heavy (non-hydrogen) atoms. The van der Waals surface area contributed by atoms with Crippen LogP contribution in [0.4, 0.5) is 5.69 Å². The van der Waals surface area contributed by atoms with Crippen LogP contribution in [0.3, 0.4) is 0 Å². The van der Waals surface area contributed by atoms with Crippen LogP contribution in [-0.4, -0.2) is 24.5 Å². The average Bonchev–Trinajstić information content (AvgIpc) is 3.11. The molecule has 6 heteroatoms. The number of furan rings is 1. The molecule has 6 nitrogen and oxygen atoms in total. The van der Waals surface area contributed by atoms with Gasteiger partial charge in [0.1, 0.15) is 11.5 Å². The zero-order valence-corrected chi connectivity index (χ0v) is 17.2. The lowest BCUT2D eigenvalue weighted by molar-refractivity contribution is -0.121. The van der Waals surface area contributed by atoms with Gasteiger partial charge in [0.2, 0.25) is 0 Å². The van der Waals surface area contributed by atoms with Crippen molar-refractivity contribution in [2.75, 3.05) is 11.5 Å². The first-order valence-corrected chi connectivity index (χ1v) is 9.66. The molecule has 0 aliphatic carbocycles. The second-order valence-electron chi connectivity index (χ2n) is 8.25. The lowest BCUT2D eigenvalue weighted by atomic mass is 9.86. The summed E-state index contributed by atoms with van der Waals surface area (Å²) in [4.78, 5) is 26.4. The van der Waals surface area contributed by atoms with Gasteiger partial charge in [-0.3, -0.25) is 14.5 Å². The van der Waals surface area contributed by atoms with E-state index < -0.39 is 0 Å². The van der Waals surface area contributed by atoms with E-state index in [1.165, 1.54) is 0 Å². The molecule has 1 aromatic heterocycles. The summed E-state index contributed by atoms with van der Waals surface area (Å²) in [5, 5.41) is 2.88. The number of nitrogens with zero attached hydrogens (tertiary/aromatic N) is 1. The number of rotatable bonds is 5.